The quantitative estimate of drug-likeness (QED) is 0.751. The second kappa shape index (κ2) is 7.83. The third kappa shape index (κ3) is 4.37. The van der Waals surface area contributed by atoms with Crippen LogP contribution in [0.2, 0.25) is 0 Å². The first-order chi connectivity index (χ1) is 11.8. The van der Waals surface area contributed by atoms with Crippen LogP contribution >= 0.6 is 0 Å². The molecule has 0 bridgehead atoms. The van der Waals surface area contributed by atoms with Gasteiger partial charge in [0.25, 0.3) is 11.8 Å². The highest BCUT2D eigenvalue weighted by atomic mass is 19.1. The van der Waals surface area contributed by atoms with Crippen LogP contribution in [0.15, 0.2) is 30.3 Å². The van der Waals surface area contributed by atoms with Crippen LogP contribution in [-0.2, 0) is 0 Å². The second-order valence-corrected chi connectivity index (χ2v) is 5.91. The smallest absolute Gasteiger partial charge is 0.271 e. The maximum Gasteiger partial charge on any atom is 0.271 e. The molecule has 134 valence electrons. The number of H-pyrrole nitrogens is 1. The van der Waals surface area contributed by atoms with E-state index in [0.29, 0.717) is 5.56 Å². The molecule has 2 aromatic rings. The summed E-state index contributed by atoms with van der Waals surface area (Å²) in [4.78, 5) is 27.0. The van der Waals surface area contributed by atoms with Gasteiger partial charge in [0.15, 0.2) is 5.75 Å². The van der Waals surface area contributed by atoms with Crippen LogP contribution in [0.5, 0.6) is 5.75 Å². The Bertz CT molecular complexity index is 771. The molecule has 0 saturated heterocycles. The van der Waals surface area contributed by atoms with E-state index in [1.165, 1.54) is 19.2 Å². The molecule has 0 saturated carbocycles. The number of benzene rings is 1. The van der Waals surface area contributed by atoms with Gasteiger partial charge in [0, 0.05) is 24.7 Å². The van der Waals surface area contributed by atoms with E-state index in [4.69, 9.17) is 4.74 Å². The van der Waals surface area contributed by atoms with Gasteiger partial charge in [0.05, 0.1) is 0 Å². The molecule has 0 radical (unpaired) electrons. The Balaban J connectivity index is 2.32. The van der Waals surface area contributed by atoms with Crippen molar-refractivity contribution in [2.45, 2.75) is 32.9 Å². The van der Waals surface area contributed by atoms with Gasteiger partial charge in [-0.3, -0.25) is 9.59 Å². The number of amides is 2. The fourth-order valence-corrected chi connectivity index (χ4v) is 2.34. The summed E-state index contributed by atoms with van der Waals surface area (Å²) in [6, 6.07) is 7.63. The zero-order valence-corrected chi connectivity index (χ0v) is 14.6. The van der Waals surface area contributed by atoms with Crippen LogP contribution in [0.25, 0.3) is 0 Å². The molecular weight excluding hydrogens is 325 g/mol. The zero-order chi connectivity index (χ0) is 18.6. The molecule has 0 fully saturated rings. The van der Waals surface area contributed by atoms with E-state index in [1.54, 1.807) is 25.1 Å². The molecule has 1 heterocycles. The molecule has 0 spiro atoms. The number of halogens is 1. The summed E-state index contributed by atoms with van der Waals surface area (Å²) in [5.41, 5.74) is 0.669. The van der Waals surface area contributed by atoms with Crippen molar-refractivity contribution in [3.63, 3.8) is 0 Å². The Morgan fingerprint density at radius 1 is 1.16 bits per heavy atom. The van der Waals surface area contributed by atoms with Crippen molar-refractivity contribution in [2.24, 2.45) is 0 Å². The minimum absolute atomic E-state index is 0.0547. The highest BCUT2D eigenvalue weighted by Crippen LogP contribution is 2.27. The average Bonchev–Trinajstić information content (AvgIpc) is 2.97. The molecule has 1 aromatic carbocycles. The molecule has 2 rings (SSSR count). The number of aromatic amines is 1. The molecule has 0 aliphatic carbocycles. The van der Waals surface area contributed by atoms with Crippen molar-refractivity contribution >= 4 is 11.8 Å². The SMILES string of the molecule is CNC(=O)c1[nH]c(C(=O)NC(C)C)cc1O[C@H](C)c1ccccc1F. The summed E-state index contributed by atoms with van der Waals surface area (Å²) in [6.07, 6.45) is -0.638. The first-order valence-corrected chi connectivity index (χ1v) is 8.00. The molecule has 25 heavy (non-hydrogen) atoms. The highest BCUT2D eigenvalue weighted by Gasteiger charge is 2.22. The molecule has 0 aliphatic heterocycles. The maximum absolute atomic E-state index is 13.9. The van der Waals surface area contributed by atoms with Gasteiger partial charge >= 0.3 is 0 Å². The normalized spacial score (nSPS) is 11.9. The van der Waals surface area contributed by atoms with E-state index < -0.39 is 17.8 Å². The number of rotatable bonds is 6. The average molecular weight is 347 g/mol. The Morgan fingerprint density at radius 3 is 2.44 bits per heavy atom. The summed E-state index contributed by atoms with van der Waals surface area (Å²) in [5.74, 6) is -0.998. The van der Waals surface area contributed by atoms with Crippen LogP contribution in [0, 0.1) is 5.82 Å². The van der Waals surface area contributed by atoms with Crippen molar-refractivity contribution < 1.29 is 18.7 Å². The van der Waals surface area contributed by atoms with Gasteiger partial charge in [0.2, 0.25) is 0 Å². The monoisotopic (exact) mass is 347 g/mol. The molecule has 3 N–H and O–H groups in total. The maximum atomic E-state index is 13.9. The Morgan fingerprint density at radius 2 is 1.84 bits per heavy atom. The standard InChI is InChI=1S/C18H22FN3O3/c1-10(2)21-17(23)14-9-15(16(22-14)18(24)20-4)25-11(3)12-7-5-6-8-13(12)19/h5-11,22H,1-4H3,(H,20,24)(H,21,23)/t11-/m1/s1. The number of carbonyl (C=O) groups is 2. The number of ether oxygens (including phenoxy) is 1. The molecule has 0 aliphatic rings. The summed E-state index contributed by atoms with van der Waals surface area (Å²) in [6.45, 7) is 5.34. The fourth-order valence-electron chi connectivity index (χ4n) is 2.34. The van der Waals surface area contributed by atoms with Crippen molar-refractivity contribution in [2.75, 3.05) is 7.05 Å². The fraction of sp³-hybridized carbons (Fsp3) is 0.333. The Kier molecular flexibility index (Phi) is 5.80. The minimum atomic E-state index is -0.638. The van der Waals surface area contributed by atoms with Gasteiger partial charge in [-0.2, -0.15) is 0 Å². The van der Waals surface area contributed by atoms with E-state index >= 15 is 0 Å². The number of hydrogen-bond acceptors (Lipinski definition) is 3. The van der Waals surface area contributed by atoms with Gasteiger partial charge in [-0.05, 0) is 26.8 Å². The first-order valence-electron chi connectivity index (χ1n) is 8.00. The molecule has 2 amide bonds. The van der Waals surface area contributed by atoms with Crippen LogP contribution in [0.3, 0.4) is 0 Å². The van der Waals surface area contributed by atoms with E-state index in [9.17, 15) is 14.0 Å². The number of carbonyl (C=O) groups excluding carboxylic acids is 2. The zero-order valence-electron chi connectivity index (χ0n) is 14.6. The lowest BCUT2D eigenvalue weighted by Crippen LogP contribution is -2.30. The van der Waals surface area contributed by atoms with Crippen molar-refractivity contribution in [3.05, 3.63) is 53.1 Å². The Hall–Kier alpha value is -2.83. The number of hydrogen-bond donors (Lipinski definition) is 3. The van der Waals surface area contributed by atoms with Crippen LogP contribution in [0.1, 0.15) is 53.4 Å². The van der Waals surface area contributed by atoms with Crippen LogP contribution in [-0.4, -0.2) is 29.9 Å². The summed E-state index contributed by atoms with van der Waals surface area (Å²) in [7, 11) is 1.47. The van der Waals surface area contributed by atoms with E-state index in [-0.39, 0.29) is 29.1 Å². The second-order valence-electron chi connectivity index (χ2n) is 5.91. The molecule has 1 atom stereocenters. The lowest BCUT2D eigenvalue weighted by molar-refractivity contribution is 0.0938. The topological polar surface area (TPSA) is 83.2 Å². The lowest BCUT2D eigenvalue weighted by atomic mass is 10.1. The van der Waals surface area contributed by atoms with E-state index in [1.807, 2.05) is 13.8 Å². The number of aromatic nitrogens is 1. The van der Waals surface area contributed by atoms with Crippen molar-refractivity contribution in [1.82, 2.24) is 15.6 Å². The summed E-state index contributed by atoms with van der Waals surface area (Å²) in [5, 5.41) is 5.22. The molecular formula is C18H22FN3O3. The Labute approximate surface area is 145 Å². The van der Waals surface area contributed by atoms with Gasteiger partial charge in [-0.25, -0.2) is 4.39 Å². The van der Waals surface area contributed by atoms with E-state index in [2.05, 4.69) is 15.6 Å². The molecule has 7 heteroatoms. The van der Waals surface area contributed by atoms with Gasteiger partial charge in [-0.15, -0.1) is 0 Å². The van der Waals surface area contributed by atoms with Crippen LogP contribution < -0.4 is 15.4 Å². The third-order valence-electron chi connectivity index (χ3n) is 3.55. The molecule has 6 nitrogen and oxygen atoms in total. The largest absolute Gasteiger partial charge is 0.483 e. The predicted octanol–water partition coefficient (Wildman–Crippen LogP) is 2.79. The third-order valence-corrected chi connectivity index (χ3v) is 3.55. The van der Waals surface area contributed by atoms with Crippen molar-refractivity contribution in [3.8, 4) is 5.75 Å². The number of nitrogens with one attached hydrogen (secondary N) is 3. The first kappa shape index (κ1) is 18.5. The van der Waals surface area contributed by atoms with Gasteiger partial charge in [-0.1, -0.05) is 18.2 Å². The van der Waals surface area contributed by atoms with Gasteiger partial charge in [0.1, 0.15) is 23.3 Å². The minimum Gasteiger partial charge on any atom is -0.483 e. The van der Waals surface area contributed by atoms with Gasteiger partial charge < -0.3 is 20.4 Å². The molecule has 0 unspecified atom stereocenters. The summed E-state index contributed by atoms with van der Waals surface area (Å²) >= 11 is 0. The highest BCUT2D eigenvalue weighted by molar-refractivity contribution is 5.99. The predicted molar refractivity (Wildman–Crippen MR) is 92.2 cm³/mol. The van der Waals surface area contributed by atoms with Crippen LogP contribution in [0.4, 0.5) is 4.39 Å². The van der Waals surface area contributed by atoms with Crippen molar-refractivity contribution in [1.29, 1.82) is 0 Å². The van der Waals surface area contributed by atoms with E-state index in [0.717, 1.165) is 0 Å². The lowest BCUT2D eigenvalue weighted by Gasteiger charge is -2.15. The summed E-state index contributed by atoms with van der Waals surface area (Å²) < 4.78 is 19.7. The molecule has 1 aromatic heterocycles.